The van der Waals surface area contributed by atoms with E-state index >= 15 is 0 Å². The van der Waals surface area contributed by atoms with Crippen molar-refractivity contribution in [2.45, 2.75) is 13.3 Å². The molecule has 0 fully saturated rings. The summed E-state index contributed by atoms with van der Waals surface area (Å²) in [5, 5.41) is 2.76. The number of carbonyl (C=O) groups is 1. The monoisotopic (exact) mass is 223 g/mol. The Kier molecular flexibility index (Phi) is 5.28. The van der Waals surface area contributed by atoms with E-state index in [0.29, 0.717) is 31.0 Å². The first kappa shape index (κ1) is 12.4. The van der Waals surface area contributed by atoms with Crippen molar-refractivity contribution >= 4 is 11.6 Å². The standard InChI is InChI=1S/C11H17N3O2/c1-2-16-7-3-5-14-11(15)9-8-13-6-4-10(9)12/h4,6,8H,2-3,5,7H2,1H3,(H2,12,13)(H,14,15). The second-order valence-electron chi connectivity index (χ2n) is 3.27. The number of pyridine rings is 1. The van der Waals surface area contributed by atoms with Gasteiger partial charge in [0.25, 0.3) is 5.91 Å². The van der Waals surface area contributed by atoms with Gasteiger partial charge in [-0.1, -0.05) is 0 Å². The van der Waals surface area contributed by atoms with Crippen molar-refractivity contribution in [2.75, 3.05) is 25.5 Å². The van der Waals surface area contributed by atoms with E-state index in [-0.39, 0.29) is 5.91 Å². The first-order valence-corrected chi connectivity index (χ1v) is 5.31. The van der Waals surface area contributed by atoms with Gasteiger partial charge in [0.2, 0.25) is 0 Å². The molecule has 1 rings (SSSR count). The lowest BCUT2D eigenvalue weighted by atomic mass is 10.2. The number of nitrogens with one attached hydrogen (secondary N) is 1. The van der Waals surface area contributed by atoms with Gasteiger partial charge >= 0.3 is 0 Å². The molecule has 1 aromatic heterocycles. The van der Waals surface area contributed by atoms with Gasteiger partial charge in [-0.25, -0.2) is 0 Å². The third-order valence-corrected chi connectivity index (χ3v) is 2.05. The fourth-order valence-corrected chi connectivity index (χ4v) is 1.21. The third kappa shape index (κ3) is 3.86. The van der Waals surface area contributed by atoms with Crippen LogP contribution in [0.1, 0.15) is 23.7 Å². The zero-order valence-corrected chi connectivity index (χ0v) is 9.40. The first-order valence-electron chi connectivity index (χ1n) is 5.31. The minimum absolute atomic E-state index is 0.193. The van der Waals surface area contributed by atoms with Gasteiger partial charge in [-0.15, -0.1) is 0 Å². The van der Waals surface area contributed by atoms with E-state index in [9.17, 15) is 4.79 Å². The Balaban J connectivity index is 2.33. The number of nitrogens with zero attached hydrogens (tertiary/aromatic N) is 1. The van der Waals surface area contributed by atoms with Gasteiger partial charge in [0, 0.05) is 37.8 Å². The number of anilines is 1. The molecule has 0 atom stereocenters. The van der Waals surface area contributed by atoms with Crippen molar-refractivity contribution in [2.24, 2.45) is 0 Å². The fourth-order valence-electron chi connectivity index (χ4n) is 1.21. The Labute approximate surface area is 95.0 Å². The highest BCUT2D eigenvalue weighted by Crippen LogP contribution is 2.07. The van der Waals surface area contributed by atoms with E-state index in [1.54, 1.807) is 12.3 Å². The summed E-state index contributed by atoms with van der Waals surface area (Å²) in [5.41, 5.74) is 6.51. The maximum atomic E-state index is 11.6. The molecule has 88 valence electrons. The molecule has 5 heteroatoms. The van der Waals surface area contributed by atoms with Crippen molar-refractivity contribution in [1.29, 1.82) is 0 Å². The van der Waals surface area contributed by atoms with Crippen molar-refractivity contribution in [3.63, 3.8) is 0 Å². The van der Waals surface area contributed by atoms with E-state index < -0.39 is 0 Å². The Morgan fingerprint density at radius 3 is 3.12 bits per heavy atom. The van der Waals surface area contributed by atoms with Crippen LogP contribution in [0.3, 0.4) is 0 Å². The summed E-state index contributed by atoms with van der Waals surface area (Å²) in [6, 6.07) is 1.61. The van der Waals surface area contributed by atoms with Crippen LogP contribution < -0.4 is 11.1 Å². The summed E-state index contributed by atoms with van der Waals surface area (Å²) in [6.45, 7) is 3.87. The molecule has 0 aromatic carbocycles. The van der Waals surface area contributed by atoms with Gasteiger partial charge in [-0.3, -0.25) is 9.78 Å². The van der Waals surface area contributed by atoms with Crippen molar-refractivity contribution < 1.29 is 9.53 Å². The maximum absolute atomic E-state index is 11.6. The van der Waals surface area contributed by atoms with Gasteiger partial charge in [-0.05, 0) is 19.4 Å². The van der Waals surface area contributed by atoms with Crippen LogP contribution in [0.15, 0.2) is 18.5 Å². The number of amides is 1. The quantitative estimate of drug-likeness (QED) is 0.700. The van der Waals surface area contributed by atoms with Crippen LogP contribution in [0.25, 0.3) is 0 Å². The molecule has 1 aromatic rings. The van der Waals surface area contributed by atoms with Gasteiger partial charge < -0.3 is 15.8 Å². The predicted octanol–water partition coefficient (Wildman–Crippen LogP) is 0.820. The number of rotatable bonds is 6. The number of nitrogens with two attached hydrogens (primary N) is 1. The molecule has 1 amide bonds. The van der Waals surface area contributed by atoms with Crippen LogP contribution in [0.2, 0.25) is 0 Å². The van der Waals surface area contributed by atoms with E-state index in [1.165, 1.54) is 6.20 Å². The maximum Gasteiger partial charge on any atom is 0.254 e. The Bertz CT molecular complexity index is 342. The lowest BCUT2D eigenvalue weighted by Crippen LogP contribution is -2.26. The molecular weight excluding hydrogens is 206 g/mol. The molecule has 0 unspecified atom stereocenters. The normalized spacial score (nSPS) is 10.1. The predicted molar refractivity (Wildman–Crippen MR) is 62.1 cm³/mol. The van der Waals surface area contributed by atoms with Gasteiger partial charge in [0.1, 0.15) is 0 Å². The van der Waals surface area contributed by atoms with Crippen molar-refractivity contribution in [1.82, 2.24) is 10.3 Å². The summed E-state index contributed by atoms with van der Waals surface area (Å²) >= 11 is 0. The average Bonchev–Trinajstić information content (AvgIpc) is 2.29. The van der Waals surface area contributed by atoms with Crippen LogP contribution in [0, 0.1) is 0 Å². The minimum atomic E-state index is -0.193. The van der Waals surface area contributed by atoms with Crippen LogP contribution in [-0.2, 0) is 4.74 Å². The fraction of sp³-hybridized carbons (Fsp3) is 0.455. The minimum Gasteiger partial charge on any atom is -0.398 e. The van der Waals surface area contributed by atoms with E-state index in [0.717, 1.165) is 6.42 Å². The molecule has 0 bridgehead atoms. The van der Waals surface area contributed by atoms with Gasteiger partial charge in [0.05, 0.1) is 5.56 Å². The molecule has 5 nitrogen and oxygen atoms in total. The van der Waals surface area contributed by atoms with Crippen molar-refractivity contribution in [3.05, 3.63) is 24.0 Å². The zero-order valence-electron chi connectivity index (χ0n) is 9.40. The molecular formula is C11H17N3O2. The lowest BCUT2D eigenvalue weighted by Gasteiger charge is -2.06. The molecule has 0 spiro atoms. The molecule has 0 radical (unpaired) electrons. The number of ether oxygens (including phenoxy) is 1. The Morgan fingerprint density at radius 1 is 1.62 bits per heavy atom. The molecule has 0 aliphatic heterocycles. The summed E-state index contributed by atoms with van der Waals surface area (Å²) in [4.78, 5) is 15.5. The summed E-state index contributed by atoms with van der Waals surface area (Å²) in [7, 11) is 0. The topological polar surface area (TPSA) is 77.2 Å². The third-order valence-electron chi connectivity index (χ3n) is 2.05. The number of carbonyl (C=O) groups excluding carboxylic acids is 1. The van der Waals surface area contributed by atoms with Crippen LogP contribution in [-0.4, -0.2) is 30.6 Å². The van der Waals surface area contributed by atoms with E-state index in [1.807, 2.05) is 6.92 Å². The molecule has 1 heterocycles. The second-order valence-corrected chi connectivity index (χ2v) is 3.27. The van der Waals surface area contributed by atoms with Crippen LogP contribution in [0.4, 0.5) is 5.69 Å². The molecule has 3 N–H and O–H groups in total. The molecule has 0 aliphatic carbocycles. The molecule has 16 heavy (non-hydrogen) atoms. The molecule has 0 saturated carbocycles. The smallest absolute Gasteiger partial charge is 0.254 e. The lowest BCUT2D eigenvalue weighted by molar-refractivity contribution is 0.0945. The number of hydrogen-bond acceptors (Lipinski definition) is 4. The highest BCUT2D eigenvalue weighted by Gasteiger charge is 2.07. The highest BCUT2D eigenvalue weighted by atomic mass is 16.5. The van der Waals surface area contributed by atoms with E-state index in [4.69, 9.17) is 10.5 Å². The van der Waals surface area contributed by atoms with Gasteiger partial charge in [-0.2, -0.15) is 0 Å². The Morgan fingerprint density at radius 2 is 2.44 bits per heavy atom. The van der Waals surface area contributed by atoms with Gasteiger partial charge in [0.15, 0.2) is 0 Å². The first-order chi connectivity index (χ1) is 7.75. The molecule has 0 saturated heterocycles. The summed E-state index contributed by atoms with van der Waals surface area (Å²) < 4.78 is 5.16. The highest BCUT2D eigenvalue weighted by molar-refractivity contribution is 5.98. The summed E-state index contributed by atoms with van der Waals surface area (Å²) in [6.07, 6.45) is 3.81. The summed E-state index contributed by atoms with van der Waals surface area (Å²) in [5.74, 6) is -0.193. The SMILES string of the molecule is CCOCCCNC(=O)c1cnccc1N. The number of nitrogen functional groups attached to an aromatic ring is 1. The van der Waals surface area contributed by atoms with Crippen LogP contribution in [0.5, 0.6) is 0 Å². The number of hydrogen-bond donors (Lipinski definition) is 2. The van der Waals surface area contributed by atoms with Crippen molar-refractivity contribution in [3.8, 4) is 0 Å². The Hall–Kier alpha value is -1.62. The zero-order chi connectivity index (χ0) is 11.8. The van der Waals surface area contributed by atoms with E-state index in [2.05, 4.69) is 10.3 Å². The largest absolute Gasteiger partial charge is 0.398 e. The van der Waals surface area contributed by atoms with Crippen LogP contribution >= 0.6 is 0 Å². The second kappa shape index (κ2) is 6.79. The average molecular weight is 223 g/mol. The molecule has 0 aliphatic rings. The number of aromatic nitrogens is 1.